The number of amidine groups is 1. The second-order valence-corrected chi connectivity index (χ2v) is 8.75. The zero-order valence-corrected chi connectivity index (χ0v) is 18.7. The fraction of sp³-hybridized carbons (Fsp3) is 0.167. The summed E-state index contributed by atoms with van der Waals surface area (Å²) in [4.78, 5) is 31.5. The zero-order chi connectivity index (χ0) is 23.7. The molecule has 0 unspecified atom stereocenters. The number of anilines is 1. The van der Waals surface area contributed by atoms with Gasteiger partial charge in [0, 0.05) is 50.0 Å². The van der Waals surface area contributed by atoms with Gasteiger partial charge in [0.05, 0.1) is 15.5 Å². The number of nitro groups is 1. The van der Waals surface area contributed by atoms with E-state index in [1.54, 1.807) is 42.5 Å². The van der Waals surface area contributed by atoms with Gasteiger partial charge >= 0.3 is 0 Å². The number of thioether (sulfide) groups is 1. The zero-order valence-electron chi connectivity index (χ0n) is 17.9. The van der Waals surface area contributed by atoms with E-state index in [0.29, 0.717) is 59.0 Å². The third-order valence-corrected chi connectivity index (χ3v) is 6.66. The van der Waals surface area contributed by atoms with Gasteiger partial charge in [-0.3, -0.25) is 14.9 Å². The van der Waals surface area contributed by atoms with Gasteiger partial charge in [-0.25, -0.2) is 4.39 Å². The highest BCUT2D eigenvalue weighted by Gasteiger charge is 2.29. The molecule has 0 spiro atoms. The average molecular weight is 479 g/mol. The Kier molecular flexibility index (Phi) is 5.89. The summed E-state index contributed by atoms with van der Waals surface area (Å²) < 4.78 is 19.9. The van der Waals surface area contributed by atoms with Crippen LogP contribution in [0.2, 0.25) is 0 Å². The number of hydrogen-bond donors (Lipinski definition) is 0. The summed E-state index contributed by atoms with van der Waals surface area (Å²) in [7, 11) is 0. The number of furan rings is 1. The van der Waals surface area contributed by atoms with E-state index < -0.39 is 4.92 Å². The second kappa shape index (κ2) is 9.14. The molecule has 0 saturated carbocycles. The number of nitro benzene ring substituents is 1. The number of para-hydroxylation sites is 1. The molecule has 8 nitrogen and oxygen atoms in total. The molecule has 3 aromatic rings. The number of carbonyl (C=O) groups is 1. The van der Waals surface area contributed by atoms with Crippen LogP contribution in [-0.2, 0) is 4.79 Å². The van der Waals surface area contributed by atoms with E-state index in [0.717, 1.165) is 0 Å². The molecular weight excluding hydrogens is 459 g/mol. The molecule has 172 valence electrons. The lowest BCUT2D eigenvalue weighted by atomic mass is 10.1. The van der Waals surface area contributed by atoms with Crippen LogP contribution in [0.4, 0.5) is 15.8 Å². The van der Waals surface area contributed by atoms with Gasteiger partial charge in [0.1, 0.15) is 17.3 Å². The minimum absolute atomic E-state index is 0.00464. The number of carbonyl (C=O) groups excluding carboxylic acids is 1. The van der Waals surface area contributed by atoms with Crippen molar-refractivity contribution >= 4 is 40.3 Å². The fourth-order valence-electron chi connectivity index (χ4n) is 3.84. The summed E-state index contributed by atoms with van der Waals surface area (Å²) in [5, 5.41) is 11.5. The summed E-state index contributed by atoms with van der Waals surface area (Å²) in [6.07, 6.45) is 1.65. The second-order valence-electron chi connectivity index (χ2n) is 7.74. The SMILES string of the molecule is O=C1N=C(N2CCN(c3ccccc3F)CC2)SC1=Cc1ccc(-c2ccc([N+](=O)[O-])cc2)o1. The molecule has 1 fully saturated rings. The van der Waals surface area contributed by atoms with E-state index in [9.17, 15) is 19.3 Å². The summed E-state index contributed by atoms with van der Waals surface area (Å²) in [5.41, 5.74) is 1.29. The lowest BCUT2D eigenvalue weighted by Gasteiger charge is -2.36. The fourth-order valence-corrected chi connectivity index (χ4v) is 4.79. The van der Waals surface area contributed by atoms with Crippen molar-refractivity contribution in [2.45, 2.75) is 0 Å². The van der Waals surface area contributed by atoms with Crippen molar-refractivity contribution in [2.75, 3.05) is 31.1 Å². The normalized spacial score (nSPS) is 17.4. The van der Waals surface area contributed by atoms with Crippen molar-refractivity contribution in [3.63, 3.8) is 0 Å². The molecule has 10 heteroatoms. The number of halogens is 1. The number of non-ortho nitro benzene ring substituents is 1. The van der Waals surface area contributed by atoms with Gasteiger partial charge in [-0.15, -0.1) is 0 Å². The molecule has 5 rings (SSSR count). The summed E-state index contributed by atoms with van der Waals surface area (Å²) in [6.45, 7) is 2.52. The number of piperazine rings is 1. The Morgan fingerprint density at radius 3 is 2.41 bits per heavy atom. The Hall–Kier alpha value is -3.92. The van der Waals surface area contributed by atoms with Gasteiger partial charge in [-0.05, 0) is 48.2 Å². The molecule has 2 aliphatic rings. The first kappa shape index (κ1) is 21.9. The van der Waals surface area contributed by atoms with Gasteiger partial charge in [-0.2, -0.15) is 4.99 Å². The van der Waals surface area contributed by atoms with Crippen molar-refractivity contribution in [2.24, 2.45) is 4.99 Å². The molecule has 3 heterocycles. The van der Waals surface area contributed by atoms with Gasteiger partial charge in [0.2, 0.25) is 0 Å². The number of hydrogen-bond acceptors (Lipinski definition) is 7. The third kappa shape index (κ3) is 4.44. The predicted octanol–water partition coefficient (Wildman–Crippen LogP) is 4.79. The van der Waals surface area contributed by atoms with E-state index in [1.807, 2.05) is 15.9 Å². The Morgan fingerprint density at radius 1 is 1.00 bits per heavy atom. The average Bonchev–Trinajstić information content (AvgIpc) is 3.47. The van der Waals surface area contributed by atoms with Crippen LogP contribution in [0.25, 0.3) is 17.4 Å². The van der Waals surface area contributed by atoms with E-state index in [2.05, 4.69) is 4.99 Å². The van der Waals surface area contributed by atoms with E-state index in [4.69, 9.17) is 4.42 Å². The maximum absolute atomic E-state index is 14.1. The predicted molar refractivity (Wildman–Crippen MR) is 129 cm³/mol. The summed E-state index contributed by atoms with van der Waals surface area (Å²) in [6, 6.07) is 16.3. The van der Waals surface area contributed by atoms with Crippen molar-refractivity contribution in [1.82, 2.24) is 4.90 Å². The van der Waals surface area contributed by atoms with Crippen LogP contribution in [0.15, 0.2) is 75.0 Å². The minimum Gasteiger partial charge on any atom is -0.457 e. The number of amides is 1. The first-order valence-electron chi connectivity index (χ1n) is 10.6. The highest BCUT2D eigenvalue weighted by Crippen LogP contribution is 2.33. The topological polar surface area (TPSA) is 92.2 Å². The van der Waals surface area contributed by atoms with Gasteiger partial charge in [0.15, 0.2) is 5.17 Å². The van der Waals surface area contributed by atoms with E-state index in [1.165, 1.54) is 30.0 Å². The molecule has 0 aliphatic carbocycles. The maximum atomic E-state index is 14.1. The van der Waals surface area contributed by atoms with Crippen molar-refractivity contribution in [3.05, 3.63) is 87.3 Å². The molecule has 0 radical (unpaired) electrons. The molecule has 2 aromatic carbocycles. The lowest BCUT2D eigenvalue weighted by Crippen LogP contribution is -2.48. The number of benzene rings is 2. The number of nitrogens with zero attached hydrogens (tertiary/aromatic N) is 4. The molecule has 0 bridgehead atoms. The first-order chi connectivity index (χ1) is 16.5. The summed E-state index contributed by atoms with van der Waals surface area (Å²) in [5.74, 6) is 0.466. The Morgan fingerprint density at radius 2 is 1.71 bits per heavy atom. The van der Waals surface area contributed by atoms with Crippen LogP contribution >= 0.6 is 11.8 Å². The van der Waals surface area contributed by atoms with Gasteiger partial charge in [0.25, 0.3) is 11.6 Å². The quantitative estimate of drug-likeness (QED) is 0.303. The van der Waals surface area contributed by atoms with E-state index in [-0.39, 0.29) is 17.4 Å². The van der Waals surface area contributed by atoms with Crippen molar-refractivity contribution < 1.29 is 18.5 Å². The van der Waals surface area contributed by atoms with Crippen LogP contribution < -0.4 is 4.90 Å². The largest absolute Gasteiger partial charge is 0.457 e. The molecule has 2 aliphatic heterocycles. The number of rotatable bonds is 4. The van der Waals surface area contributed by atoms with Gasteiger partial charge in [-0.1, -0.05) is 12.1 Å². The Balaban J connectivity index is 1.23. The third-order valence-electron chi connectivity index (χ3n) is 5.62. The Labute approximate surface area is 198 Å². The van der Waals surface area contributed by atoms with E-state index >= 15 is 0 Å². The minimum atomic E-state index is -0.456. The number of aliphatic imine (C=N–C) groups is 1. The van der Waals surface area contributed by atoms with Crippen LogP contribution in [-0.4, -0.2) is 47.1 Å². The maximum Gasteiger partial charge on any atom is 0.286 e. The molecule has 1 aromatic heterocycles. The van der Waals surface area contributed by atoms with Crippen LogP contribution in [0.1, 0.15) is 5.76 Å². The monoisotopic (exact) mass is 478 g/mol. The molecule has 1 amide bonds. The molecule has 1 saturated heterocycles. The van der Waals surface area contributed by atoms with Crippen molar-refractivity contribution in [1.29, 1.82) is 0 Å². The first-order valence-corrected chi connectivity index (χ1v) is 11.4. The van der Waals surface area contributed by atoms with Gasteiger partial charge < -0.3 is 14.2 Å². The standard InChI is InChI=1S/C24H19FN4O4S/c25-19-3-1-2-4-20(19)27-11-13-28(14-12-27)24-26-23(30)22(34-24)15-18-9-10-21(33-18)16-5-7-17(8-6-16)29(31)32/h1-10,15H,11-14H2. The molecule has 34 heavy (non-hydrogen) atoms. The molecule has 0 atom stereocenters. The lowest BCUT2D eigenvalue weighted by molar-refractivity contribution is -0.384. The highest BCUT2D eigenvalue weighted by molar-refractivity contribution is 8.18. The van der Waals surface area contributed by atoms with Crippen molar-refractivity contribution in [3.8, 4) is 11.3 Å². The molecule has 0 N–H and O–H groups in total. The van der Waals surface area contributed by atoms with Crippen LogP contribution in [0.3, 0.4) is 0 Å². The summed E-state index contributed by atoms with van der Waals surface area (Å²) >= 11 is 1.29. The smallest absolute Gasteiger partial charge is 0.286 e. The van der Waals surface area contributed by atoms with Crippen LogP contribution in [0.5, 0.6) is 0 Å². The molecular formula is C24H19FN4O4S. The van der Waals surface area contributed by atoms with Crippen LogP contribution in [0, 0.1) is 15.9 Å². The highest BCUT2D eigenvalue weighted by atomic mass is 32.2. The Bertz CT molecular complexity index is 1310.